The molecule has 0 aromatic heterocycles. The molecule has 1 fully saturated rings. The van der Waals surface area contributed by atoms with Gasteiger partial charge in [0.15, 0.2) is 0 Å². The van der Waals surface area contributed by atoms with E-state index in [1.165, 1.54) is 45.9 Å². The van der Waals surface area contributed by atoms with Crippen LogP contribution in [-0.2, 0) is 5.41 Å². The van der Waals surface area contributed by atoms with E-state index in [-0.39, 0.29) is 5.41 Å². The van der Waals surface area contributed by atoms with Crippen molar-refractivity contribution in [2.75, 3.05) is 13.1 Å². The Labute approximate surface area is 143 Å². The molecule has 0 unspecified atom stereocenters. The minimum absolute atomic E-state index is 0.191. The fourth-order valence-electron chi connectivity index (χ4n) is 4.99. The first kappa shape index (κ1) is 14.2. The van der Waals surface area contributed by atoms with Crippen LogP contribution < -0.4 is 5.32 Å². The van der Waals surface area contributed by atoms with Crippen LogP contribution in [0.4, 0.5) is 0 Å². The number of fused-ring (bicyclic) bond motifs is 7. The van der Waals surface area contributed by atoms with Crippen molar-refractivity contribution >= 4 is 10.8 Å². The molecule has 3 aromatic rings. The van der Waals surface area contributed by atoms with Crippen molar-refractivity contribution in [1.82, 2.24) is 5.32 Å². The van der Waals surface area contributed by atoms with Gasteiger partial charge in [0, 0.05) is 5.41 Å². The minimum Gasteiger partial charge on any atom is -0.317 e. The van der Waals surface area contributed by atoms with Crippen molar-refractivity contribution in [3.05, 3.63) is 70.8 Å². The summed E-state index contributed by atoms with van der Waals surface area (Å²) in [6.07, 6.45) is 2.40. The normalized spacial score (nSPS) is 17.9. The van der Waals surface area contributed by atoms with E-state index < -0.39 is 0 Å². The van der Waals surface area contributed by atoms with Gasteiger partial charge in [-0.2, -0.15) is 0 Å². The molecule has 1 N–H and O–H groups in total. The summed E-state index contributed by atoms with van der Waals surface area (Å²) in [5.41, 5.74) is 8.97. The Morgan fingerprint density at radius 1 is 0.792 bits per heavy atom. The molecule has 1 heteroatoms. The lowest BCUT2D eigenvalue weighted by atomic mass is 9.70. The molecule has 24 heavy (non-hydrogen) atoms. The van der Waals surface area contributed by atoms with Crippen molar-refractivity contribution in [2.45, 2.75) is 32.1 Å². The van der Waals surface area contributed by atoms with Crippen LogP contribution in [0.3, 0.4) is 0 Å². The number of rotatable bonds is 0. The number of benzene rings is 3. The van der Waals surface area contributed by atoms with Gasteiger partial charge in [-0.25, -0.2) is 0 Å². The highest BCUT2D eigenvalue weighted by atomic mass is 14.9. The first-order valence-corrected chi connectivity index (χ1v) is 9.05. The second-order valence-corrected chi connectivity index (χ2v) is 7.59. The number of hydrogen-bond acceptors (Lipinski definition) is 1. The van der Waals surface area contributed by atoms with Crippen LogP contribution in [0.2, 0.25) is 0 Å². The molecule has 0 saturated carbocycles. The summed E-state index contributed by atoms with van der Waals surface area (Å²) in [5.74, 6) is 0. The predicted octanol–water partition coefficient (Wildman–Crippen LogP) is 5.11. The van der Waals surface area contributed by atoms with Crippen LogP contribution >= 0.6 is 0 Å². The van der Waals surface area contributed by atoms with Crippen LogP contribution in [0.5, 0.6) is 0 Å². The molecule has 0 amide bonds. The third kappa shape index (κ3) is 1.79. The van der Waals surface area contributed by atoms with E-state index in [1.54, 1.807) is 11.1 Å². The zero-order valence-electron chi connectivity index (χ0n) is 14.4. The molecule has 5 rings (SSSR count). The van der Waals surface area contributed by atoms with Gasteiger partial charge in [-0.1, -0.05) is 59.7 Å². The summed E-state index contributed by atoms with van der Waals surface area (Å²) in [5, 5.41) is 6.41. The van der Waals surface area contributed by atoms with Gasteiger partial charge in [0.25, 0.3) is 0 Å². The van der Waals surface area contributed by atoms with Gasteiger partial charge in [-0.3, -0.25) is 0 Å². The van der Waals surface area contributed by atoms with E-state index in [1.807, 2.05) is 0 Å². The number of piperidine rings is 1. The fraction of sp³-hybridized carbons (Fsp3) is 0.304. The Morgan fingerprint density at radius 2 is 1.50 bits per heavy atom. The quantitative estimate of drug-likeness (QED) is 0.608. The maximum absolute atomic E-state index is 3.57. The molecule has 2 aliphatic rings. The van der Waals surface area contributed by atoms with Gasteiger partial charge in [-0.15, -0.1) is 0 Å². The van der Waals surface area contributed by atoms with Crippen LogP contribution in [0.25, 0.3) is 21.9 Å². The maximum Gasteiger partial charge on any atom is 0.0245 e. The molecule has 1 aliphatic heterocycles. The predicted molar refractivity (Wildman–Crippen MR) is 102 cm³/mol. The SMILES string of the molecule is Cc1ccc2c(c1)C1(CCNCC1)c1c-2ccc2cc(C)ccc12. The van der Waals surface area contributed by atoms with E-state index >= 15 is 0 Å². The van der Waals surface area contributed by atoms with Gasteiger partial charge in [0.1, 0.15) is 0 Å². The van der Waals surface area contributed by atoms with Crippen molar-refractivity contribution in [1.29, 1.82) is 0 Å². The van der Waals surface area contributed by atoms with Gasteiger partial charge < -0.3 is 5.32 Å². The average Bonchev–Trinajstić information content (AvgIpc) is 2.85. The van der Waals surface area contributed by atoms with Gasteiger partial charge in [-0.05, 0) is 72.8 Å². The topological polar surface area (TPSA) is 12.0 Å². The molecule has 1 spiro atoms. The molecule has 1 heterocycles. The Bertz CT molecular complexity index is 961. The van der Waals surface area contributed by atoms with Gasteiger partial charge in [0.2, 0.25) is 0 Å². The van der Waals surface area contributed by atoms with Gasteiger partial charge >= 0.3 is 0 Å². The van der Waals surface area contributed by atoms with Crippen LogP contribution in [0.15, 0.2) is 48.5 Å². The second kappa shape index (κ2) is 4.94. The van der Waals surface area contributed by atoms with Crippen molar-refractivity contribution in [3.8, 4) is 11.1 Å². The van der Waals surface area contributed by atoms with Crippen LogP contribution in [0.1, 0.15) is 35.1 Å². The monoisotopic (exact) mass is 313 g/mol. The van der Waals surface area contributed by atoms with Crippen molar-refractivity contribution in [2.24, 2.45) is 0 Å². The van der Waals surface area contributed by atoms with Crippen LogP contribution in [-0.4, -0.2) is 13.1 Å². The van der Waals surface area contributed by atoms with E-state index in [0.717, 1.165) is 13.1 Å². The van der Waals surface area contributed by atoms with Crippen molar-refractivity contribution < 1.29 is 0 Å². The summed E-state index contributed by atoms with van der Waals surface area (Å²) >= 11 is 0. The first-order valence-electron chi connectivity index (χ1n) is 9.05. The zero-order valence-corrected chi connectivity index (χ0v) is 14.4. The summed E-state index contributed by atoms with van der Waals surface area (Å²) in [4.78, 5) is 0. The second-order valence-electron chi connectivity index (χ2n) is 7.59. The van der Waals surface area contributed by atoms with E-state index in [2.05, 4.69) is 67.7 Å². The Balaban J connectivity index is 1.90. The van der Waals surface area contributed by atoms with Gasteiger partial charge in [0.05, 0.1) is 0 Å². The molecular weight excluding hydrogens is 290 g/mol. The fourth-order valence-corrected chi connectivity index (χ4v) is 4.99. The van der Waals surface area contributed by atoms with Crippen molar-refractivity contribution in [3.63, 3.8) is 0 Å². The largest absolute Gasteiger partial charge is 0.317 e. The average molecular weight is 313 g/mol. The zero-order chi connectivity index (χ0) is 16.3. The maximum atomic E-state index is 3.57. The van der Waals surface area contributed by atoms with E-state index in [0.29, 0.717) is 0 Å². The third-order valence-electron chi connectivity index (χ3n) is 6.09. The summed E-state index contributed by atoms with van der Waals surface area (Å²) in [6, 6.07) is 18.7. The Morgan fingerprint density at radius 3 is 2.33 bits per heavy atom. The molecule has 0 radical (unpaired) electrons. The highest BCUT2D eigenvalue weighted by Crippen LogP contribution is 2.55. The third-order valence-corrected chi connectivity index (χ3v) is 6.09. The molecular formula is C23H23N. The molecule has 3 aromatic carbocycles. The molecule has 0 atom stereocenters. The Kier molecular flexibility index (Phi) is 2.93. The van der Waals surface area contributed by atoms with E-state index in [9.17, 15) is 0 Å². The summed E-state index contributed by atoms with van der Waals surface area (Å²) < 4.78 is 0. The summed E-state index contributed by atoms with van der Waals surface area (Å²) in [7, 11) is 0. The molecule has 1 nitrogen and oxygen atoms in total. The van der Waals surface area contributed by atoms with E-state index in [4.69, 9.17) is 0 Å². The molecule has 1 aliphatic carbocycles. The number of aryl methyl sites for hydroxylation is 2. The standard InChI is InChI=1S/C23H23N/c1-15-3-6-18-17(13-15)5-8-20-19-7-4-16(2)14-21(19)23(22(18)20)9-11-24-12-10-23/h3-8,13-14,24H,9-12H2,1-2H3. The lowest BCUT2D eigenvalue weighted by Crippen LogP contribution is -2.39. The minimum atomic E-state index is 0.191. The molecule has 0 bridgehead atoms. The number of nitrogens with one attached hydrogen (secondary N) is 1. The molecule has 1 saturated heterocycles. The summed E-state index contributed by atoms with van der Waals surface area (Å²) in [6.45, 7) is 6.62. The Hall–Kier alpha value is -2.12. The molecule has 120 valence electrons. The lowest BCUT2D eigenvalue weighted by molar-refractivity contribution is 0.371. The highest BCUT2D eigenvalue weighted by Gasteiger charge is 2.44. The lowest BCUT2D eigenvalue weighted by Gasteiger charge is -2.37. The van der Waals surface area contributed by atoms with Crippen LogP contribution in [0, 0.1) is 13.8 Å². The smallest absolute Gasteiger partial charge is 0.0245 e. The number of hydrogen-bond donors (Lipinski definition) is 1. The first-order chi connectivity index (χ1) is 11.7. The highest BCUT2D eigenvalue weighted by molar-refractivity contribution is 5.98.